The Labute approximate surface area is 184 Å². The van der Waals surface area contributed by atoms with E-state index in [0.717, 1.165) is 17.5 Å². The van der Waals surface area contributed by atoms with Gasteiger partial charge in [-0.1, -0.05) is 32.0 Å². The molecule has 0 N–H and O–H groups in total. The molecule has 0 fully saturated rings. The first-order valence-corrected chi connectivity index (χ1v) is 10.4. The normalized spacial score (nSPS) is 11.7. The molecule has 0 aliphatic heterocycles. The van der Waals surface area contributed by atoms with E-state index in [4.69, 9.17) is 18.9 Å². The fourth-order valence-electron chi connectivity index (χ4n) is 3.51. The van der Waals surface area contributed by atoms with Crippen molar-refractivity contribution >= 4 is 11.8 Å². The number of carbonyl (C=O) groups is 2. The molecule has 0 aliphatic carbocycles. The Morgan fingerprint density at radius 3 is 2.13 bits per heavy atom. The first kappa shape index (κ1) is 24.3. The van der Waals surface area contributed by atoms with Crippen molar-refractivity contribution in [1.82, 2.24) is 0 Å². The zero-order valence-corrected chi connectivity index (χ0v) is 19.2. The molecule has 0 amide bonds. The maximum atomic E-state index is 12.8. The zero-order valence-electron chi connectivity index (χ0n) is 19.2. The molecule has 168 valence electrons. The second kappa shape index (κ2) is 11.4. The van der Waals surface area contributed by atoms with E-state index in [1.54, 1.807) is 21.1 Å². The van der Waals surface area contributed by atoms with E-state index in [0.29, 0.717) is 35.2 Å². The monoisotopic (exact) mass is 428 g/mol. The van der Waals surface area contributed by atoms with Gasteiger partial charge in [0.25, 0.3) is 0 Å². The van der Waals surface area contributed by atoms with Gasteiger partial charge in [0.1, 0.15) is 23.0 Å². The molecular weight excluding hydrogens is 396 g/mol. The van der Waals surface area contributed by atoms with Crippen LogP contribution in [0.2, 0.25) is 0 Å². The summed E-state index contributed by atoms with van der Waals surface area (Å²) in [6, 6.07) is 11.1. The third kappa shape index (κ3) is 6.23. The summed E-state index contributed by atoms with van der Waals surface area (Å²) >= 11 is 0. The van der Waals surface area contributed by atoms with Gasteiger partial charge < -0.3 is 18.9 Å². The van der Waals surface area contributed by atoms with Crippen LogP contribution in [-0.2, 0) is 20.7 Å². The predicted octanol–water partition coefficient (Wildman–Crippen LogP) is 4.57. The summed E-state index contributed by atoms with van der Waals surface area (Å²) in [5.41, 5.74) is 2.36. The van der Waals surface area contributed by atoms with Crippen molar-refractivity contribution in [2.75, 3.05) is 27.9 Å². The van der Waals surface area contributed by atoms with Gasteiger partial charge in [0.05, 0.1) is 27.2 Å². The number of hydrogen-bond acceptors (Lipinski definition) is 6. The lowest BCUT2D eigenvalue weighted by Crippen LogP contribution is -2.18. The average Bonchev–Trinajstić information content (AvgIpc) is 2.76. The highest BCUT2D eigenvalue weighted by Gasteiger charge is 2.27. The largest absolute Gasteiger partial charge is 0.497 e. The second-order valence-electron chi connectivity index (χ2n) is 7.78. The van der Waals surface area contributed by atoms with Crippen LogP contribution in [0.1, 0.15) is 49.8 Å². The van der Waals surface area contributed by atoms with Gasteiger partial charge in [-0.25, -0.2) is 4.79 Å². The van der Waals surface area contributed by atoms with Crippen molar-refractivity contribution in [3.8, 4) is 17.2 Å². The highest BCUT2D eigenvalue weighted by atomic mass is 16.6. The third-order valence-corrected chi connectivity index (χ3v) is 5.17. The van der Waals surface area contributed by atoms with E-state index < -0.39 is 11.9 Å². The number of esters is 1. The van der Waals surface area contributed by atoms with Crippen LogP contribution in [0.5, 0.6) is 17.2 Å². The lowest BCUT2D eigenvalue weighted by atomic mass is 9.85. The number of ether oxygens (including phenoxy) is 4. The van der Waals surface area contributed by atoms with Gasteiger partial charge >= 0.3 is 5.97 Å². The van der Waals surface area contributed by atoms with E-state index in [-0.39, 0.29) is 12.4 Å². The summed E-state index contributed by atoms with van der Waals surface area (Å²) in [7, 11) is 4.51. The van der Waals surface area contributed by atoms with Crippen molar-refractivity contribution in [2.24, 2.45) is 5.92 Å². The van der Waals surface area contributed by atoms with Crippen LogP contribution in [0.3, 0.4) is 0 Å². The number of carbonyl (C=O) groups excluding carboxylic acids is 2. The van der Waals surface area contributed by atoms with E-state index in [9.17, 15) is 9.59 Å². The third-order valence-electron chi connectivity index (χ3n) is 5.17. The molecule has 6 nitrogen and oxygen atoms in total. The van der Waals surface area contributed by atoms with Crippen LogP contribution in [-0.4, -0.2) is 39.7 Å². The van der Waals surface area contributed by atoms with E-state index in [1.807, 2.05) is 36.4 Å². The van der Waals surface area contributed by atoms with Crippen molar-refractivity contribution in [3.05, 3.63) is 53.1 Å². The fraction of sp³-hybridized carbons (Fsp3) is 0.440. The first-order valence-electron chi connectivity index (χ1n) is 10.4. The Morgan fingerprint density at radius 1 is 0.935 bits per heavy atom. The Bertz CT molecular complexity index is 886. The first-order chi connectivity index (χ1) is 14.8. The Kier molecular flexibility index (Phi) is 8.91. The molecule has 2 aromatic rings. The van der Waals surface area contributed by atoms with Gasteiger partial charge in [-0.05, 0) is 49.4 Å². The molecule has 1 unspecified atom stereocenters. The minimum atomic E-state index is -0.553. The highest BCUT2D eigenvalue weighted by Crippen LogP contribution is 2.40. The molecule has 1 atom stereocenters. The minimum absolute atomic E-state index is 0.0342. The lowest BCUT2D eigenvalue weighted by Gasteiger charge is -2.23. The molecule has 2 rings (SSSR count). The molecule has 31 heavy (non-hydrogen) atoms. The smallest absolute Gasteiger partial charge is 0.343 e. The number of hydrogen-bond donors (Lipinski definition) is 0. The van der Waals surface area contributed by atoms with Crippen LogP contribution in [0.15, 0.2) is 36.4 Å². The minimum Gasteiger partial charge on any atom is -0.497 e. The van der Waals surface area contributed by atoms with Crippen molar-refractivity contribution in [2.45, 2.75) is 39.5 Å². The van der Waals surface area contributed by atoms with Gasteiger partial charge in [-0.3, -0.25) is 4.79 Å². The van der Waals surface area contributed by atoms with Crippen molar-refractivity contribution < 1.29 is 28.5 Å². The molecule has 6 heteroatoms. The SMILES string of the molecule is COC(=O)COc1c(C(C(C)=O)c2ccc(OC)cc2)ccc(OC)c1CCC(C)C. The number of methoxy groups -OCH3 is 3. The predicted molar refractivity (Wildman–Crippen MR) is 119 cm³/mol. The number of benzene rings is 2. The molecular formula is C25H32O6. The fourth-order valence-corrected chi connectivity index (χ4v) is 3.51. The van der Waals surface area contributed by atoms with Gasteiger partial charge in [-0.2, -0.15) is 0 Å². The average molecular weight is 429 g/mol. The van der Waals surface area contributed by atoms with E-state index in [2.05, 4.69) is 13.8 Å². The molecule has 0 radical (unpaired) electrons. The molecule has 2 aromatic carbocycles. The van der Waals surface area contributed by atoms with Crippen LogP contribution in [0.4, 0.5) is 0 Å². The van der Waals surface area contributed by atoms with Crippen molar-refractivity contribution in [3.63, 3.8) is 0 Å². The van der Waals surface area contributed by atoms with E-state index >= 15 is 0 Å². The molecule has 0 aromatic heterocycles. The molecule has 0 spiro atoms. The second-order valence-corrected chi connectivity index (χ2v) is 7.78. The molecule has 0 aliphatic rings. The van der Waals surface area contributed by atoms with Gasteiger partial charge in [0.2, 0.25) is 0 Å². The topological polar surface area (TPSA) is 71.1 Å². The lowest BCUT2D eigenvalue weighted by molar-refractivity contribution is -0.142. The van der Waals surface area contributed by atoms with Crippen LogP contribution in [0, 0.1) is 5.92 Å². The summed E-state index contributed by atoms with van der Waals surface area (Å²) in [5, 5.41) is 0. The van der Waals surface area contributed by atoms with Crippen LogP contribution >= 0.6 is 0 Å². The summed E-state index contributed by atoms with van der Waals surface area (Å²) in [4.78, 5) is 24.6. The quantitative estimate of drug-likeness (QED) is 0.489. The van der Waals surface area contributed by atoms with Gasteiger partial charge in [-0.15, -0.1) is 0 Å². The summed E-state index contributed by atoms with van der Waals surface area (Å²) < 4.78 is 21.5. The number of rotatable bonds is 11. The number of ketones is 1. The maximum absolute atomic E-state index is 12.8. The zero-order chi connectivity index (χ0) is 23.0. The van der Waals surface area contributed by atoms with Gasteiger partial charge in [0, 0.05) is 11.1 Å². The molecule has 0 saturated heterocycles. The summed E-state index contributed by atoms with van der Waals surface area (Å²) in [6.45, 7) is 5.58. The van der Waals surface area contributed by atoms with Crippen molar-refractivity contribution in [1.29, 1.82) is 0 Å². The Hall–Kier alpha value is -3.02. The molecule has 0 saturated carbocycles. The molecule has 0 heterocycles. The van der Waals surface area contributed by atoms with Crippen LogP contribution < -0.4 is 14.2 Å². The Balaban J connectivity index is 2.63. The number of Topliss-reactive ketones (excluding diaryl/α,β-unsaturated/α-hetero) is 1. The highest BCUT2D eigenvalue weighted by molar-refractivity contribution is 5.88. The standard InChI is InChI=1S/C25H32O6/c1-16(2)7-12-20-22(29-5)14-13-21(25(20)31-15-23(27)30-6)24(17(3)26)18-8-10-19(28-4)11-9-18/h8-11,13-14,16,24H,7,12,15H2,1-6H3. The van der Waals surface area contributed by atoms with E-state index in [1.165, 1.54) is 7.11 Å². The summed E-state index contributed by atoms with van der Waals surface area (Å²) in [5.74, 6) is 1.26. The maximum Gasteiger partial charge on any atom is 0.343 e. The molecule has 0 bridgehead atoms. The van der Waals surface area contributed by atoms with Gasteiger partial charge in [0.15, 0.2) is 6.61 Å². The summed E-state index contributed by atoms with van der Waals surface area (Å²) in [6.07, 6.45) is 1.60. The van der Waals surface area contributed by atoms with Crippen LogP contribution in [0.25, 0.3) is 0 Å². The Morgan fingerprint density at radius 2 is 1.61 bits per heavy atom.